The van der Waals surface area contributed by atoms with Gasteiger partial charge >= 0.3 is 18.9 Å². The first-order valence-electron chi connectivity index (χ1n) is 3.15. The molecule has 0 spiro atoms. The van der Waals surface area contributed by atoms with Crippen molar-refractivity contribution in [3.63, 3.8) is 0 Å². The van der Waals surface area contributed by atoms with E-state index in [-0.39, 0.29) is 24.7 Å². The van der Waals surface area contributed by atoms with Crippen LogP contribution in [-0.2, 0) is 0 Å². The van der Waals surface area contributed by atoms with E-state index >= 15 is 0 Å². The first-order chi connectivity index (χ1) is 5.79. The largest absolute Gasteiger partial charge is 1.00 e. The second-order valence-electron chi connectivity index (χ2n) is 2.12. The zero-order valence-electron chi connectivity index (χ0n) is 6.84. The molecule has 0 aliphatic carbocycles. The van der Waals surface area contributed by atoms with Gasteiger partial charge in [-0.05, 0) is 0 Å². The van der Waals surface area contributed by atoms with Crippen molar-refractivity contribution in [1.82, 2.24) is 19.6 Å². The van der Waals surface area contributed by atoms with Gasteiger partial charge in [0.05, 0.1) is 6.20 Å². The summed E-state index contributed by atoms with van der Waals surface area (Å²) in [6, 6.07) is 0. The van der Waals surface area contributed by atoms with E-state index in [0.29, 0.717) is 5.65 Å². The molecular weight excluding hydrogens is 167 g/mol. The summed E-state index contributed by atoms with van der Waals surface area (Å²) in [6.45, 7) is 0. The smallest absolute Gasteiger partial charge is 0.541 e. The molecule has 0 aliphatic heterocycles. The molecule has 0 fully saturated rings. The predicted molar refractivity (Wildman–Crippen MR) is 35.1 cm³/mol. The van der Waals surface area contributed by atoms with Crippen molar-refractivity contribution in [2.24, 2.45) is 0 Å². The molecule has 0 amide bonds. The maximum absolute atomic E-state index is 10.4. The van der Waals surface area contributed by atoms with Gasteiger partial charge in [0, 0.05) is 12.4 Å². The number of fused-ring (bicyclic) bond motifs is 1. The van der Waals surface area contributed by atoms with Crippen molar-refractivity contribution < 1.29 is 28.8 Å². The van der Waals surface area contributed by atoms with Gasteiger partial charge in [0.2, 0.25) is 0 Å². The van der Waals surface area contributed by atoms with Gasteiger partial charge in [-0.15, -0.1) is 10.2 Å². The summed E-state index contributed by atoms with van der Waals surface area (Å²) in [4.78, 5) is 14.2. The van der Waals surface area contributed by atoms with Crippen molar-refractivity contribution in [1.29, 1.82) is 0 Å². The van der Waals surface area contributed by atoms with Gasteiger partial charge < -0.3 is 9.90 Å². The van der Waals surface area contributed by atoms with E-state index in [1.807, 2.05) is 0 Å². The van der Waals surface area contributed by atoms with Gasteiger partial charge in [-0.2, -0.15) is 0 Å². The van der Waals surface area contributed by atoms with Crippen molar-refractivity contribution in [2.75, 3.05) is 0 Å². The molecule has 2 aromatic heterocycles. The van der Waals surface area contributed by atoms with Crippen LogP contribution in [0.15, 0.2) is 18.6 Å². The van der Waals surface area contributed by atoms with Crippen LogP contribution in [-0.4, -0.2) is 25.6 Å². The normalized spacial score (nSPS) is 9.54. The number of carboxylic acids is 1. The Kier molecular flexibility index (Phi) is 2.65. The van der Waals surface area contributed by atoms with E-state index in [9.17, 15) is 9.90 Å². The van der Waals surface area contributed by atoms with E-state index in [2.05, 4.69) is 15.2 Å². The monoisotopic (exact) mass is 170 g/mol. The second kappa shape index (κ2) is 3.56. The fourth-order valence-corrected chi connectivity index (χ4v) is 0.892. The number of aromatic nitrogens is 4. The SMILES string of the molecule is O=C([O-])c1nnc2cnccn12.[Li+]. The summed E-state index contributed by atoms with van der Waals surface area (Å²) < 4.78 is 1.29. The van der Waals surface area contributed by atoms with E-state index in [1.54, 1.807) is 0 Å². The maximum Gasteiger partial charge on any atom is 1.00 e. The molecule has 13 heavy (non-hydrogen) atoms. The topological polar surface area (TPSA) is 83.2 Å². The van der Waals surface area contributed by atoms with Crippen LogP contribution < -0.4 is 24.0 Å². The average molecular weight is 170 g/mol. The number of aromatic carboxylic acids is 1. The average Bonchev–Trinajstić information content (AvgIpc) is 2.47. The van der Waals surface area contributed by atoms with Gasteiger partial charge in [-0.25, -0.2) is 0 Å². The van der Waals surface area contributed by atoms with E-state index in [1.165, 1.54) is 23.0 Å². The Morgan fingerprint density at radius 3 is 2.92 bits per heavy atom. The fraction of sp³-hybridized carbons (Fsp3) is 0. The molecule has 0 bridgehead atoms. The van der Waals surface area contributed by atoms with Crippen molar-refractivity contribution in [2.45, 2.75) is 0 Å². The van der Waals surface area contributed by atoms with Crippen LogP contribution >= 0.6 is 0 Å². The zero-order chi connectivity index (χ0) is 8.55. The first kappa shape index (κ1) is 9.70. The van der Waals surface area contributed by atoms with Crippen LogP contribution in [0.5, 0.6) is 0 Å². The molecule has 7 heteroatoms. The molecular formula is C6H3LiN4O2. The number of nitrogens with zero attached hydrogens (tertiary/aromatic N) is 4. The molecule has 0 saturated heterocycles. The predicted octanol–water partition coefficient (Wildman–Crippen LogP) is -4.51. The molecule has 2 heterocycles. The number of rotatable bonds is 1. The summed E-state index contributed by atoms with van der Waals surface area (Å²) in [5.41, 5.74) is 0.386. The van der Waals surface area contributed by atoms with Crippen LogP contribution in [0.25, 0.3) is 5.65 Å². The van der Waals surface area contributed by atoms with Gasteiger partial charge in [0.25, 0.3) is 0 Å². The molecule has 0 N–H and O–H groups in total. The van der Waals surface area contributed by atoms with Crippen LogP contribution in [0.4, 0.5) is 0 Å². The fourth-order valence-electron chi connectivity index (χ4n) is 0.892. The third kappa shape index (κ3) is 1.54. The van der Waals surface area contributed by atoms with Crippen LogP contribution in [0.2, 0.25) is 0 Å². The summed E-state index contributed by atoms with van der Waals surface area (Å²) >= 11 is 0. The molecule has 6 nitrogen and oxygen atoms in total. The number of carboxylic acid groups (broad SMARTS) is 1. The molecule has 60 valence electrons. The van der Waals surface area contributed by atoms with E-state index in [0.717, 1.165) is 0 Å². The Balaban J connectivity index is 0.000000845. The number of carbonyl (C=O) groups is 1. The van der Waals surface area contributed by atoms with Gasteiger partial charge in [0.15, 0.2) is 11.5 Å². The van der Waals surface area contributed by atoms with Crippen LogP contribution in [0.1, 0.15) is 10.6 Å². The standard InChI is InChI=1S/C6H4N4O2.Li/c11-6(12)5-9-8-4-3-7-1-2-10(4)5;/h1-3H,(H,11,12);/q;+1/p-1. The third-order valence-electron chi connectivity index (χ3n) is 1.40. The molecule has 0 saturated carbocycles. The van der Waals surface area contributed by atoms with Crippen LogP contribution in [0, 0.1) is 0 Å². The molecule has 0 unspecified atom stereocenters. The Morgan fingerprint density at radius 2 is 2.23 bits per heavy atom. The molecule has 0 radical (unpaired) electrons. The minimum Gasteiger partial charge on any atom is -0.541 e. The summed E-state index contributed by atoms with van der Waals surface area (Å²) in [5, 5.41) is 17.4. The van der Waals surface area contributed by atoms with Gasteiger partial charge in [0.1, 0.15) is 5.97 Å². The van der Waals surface area contributed by atoms with Crippen molar-refractivity contribution in [3.8, 4) is 0 Å². The van der Waals surface area contributed by atoms with Gasteiger partial charge in [-0.1, -0.05) is 0 Å². The molecule has 0 aliphatic rings. The maximum atomic E-state index is 10.4. The minimum atomic E-state index is -1.35. The molecule has 0 aromatic carbocycles. The molecule has 2 aromatic rings. The Morgan fingerprint density at radius 1 is 1.46 bits per heavy atom. The number of hydrogen-bond acceptors (Lipinski definition) is 5. The number of carbonyl (C=O) groups excluding carboxylic acids is 1. The van der Waals surface area contributed by atoms with E-state index in [4.69, 9.17) is 0 Å². The Bertz CT molecular complexity index is 441. The second-order valence-corrected chi connectivity index (χ2v) is 2.12. The number of hydrogen-bond donors (Lipinski definition) is 0. The minimum absolute atomic E-state index is 0. The summed E-state index contributed by atoms with van der Waals surface area (Å²) in [7, 11) is 0. The third-order valence-corrected chi connectivity index (χ3v) is 1.40. The van der Waals surface area contributed by atoms with Gasteiger partial charge in [-0.3, -0.25) is 9.38 Å². The summed E-state index contributed by atoms with van der Waals surface area (Å²) in [6.07, 6.45) is 4.32. The van der Waals surface area contributed by atoms with Crippen molar-refractivity contribution >= 4 is 11.6 Å². The zero-order valence-corrected chi connectivity index (χ0v) is 6.84. The van der Waals surface area contributed by atoms with Crippen molar-refractivity contribution in [3.05, 3.63) is 24.4 Å². The van der Waals surface area contributed by atoms with E-state index < -0.39 is 5.97 Å². The molecule has 2 rings (SSSR count). The summed E-state index contributed by atoms with van der Waals surface area (Å²) in [5.74, 6) is -1.57. The molecule has 0 atom stereocenters. The first-order valence-corrected chi connectivity index (χ1v) is 3.15. The Labute approximate surface area is 84.8 Å². The quantitative estimate of drug-likeness (QED) is 0.403. The Hall–Kier alpha value is -1.38. The van der Waals surface area contributed by atoms with Crippen LogP contribution in [0.3, 0.4) is 0 Å².